The van der Waals surface area contributed by atoms with Crippen molar-refractivity contribution in [1.29, 1.82) is 0 Å². The van der Waals surface area contributed by atoms with E-state index in [0.717, 1.165) is 6.42 Å². The van der Waals surface area contributed by atoms with Crippen LogP contribution in [0.2, 0.25) is 0 Å². The zero-order valence-corrected chi connectivity index (χ0v) is 23.3. The Kier molecular flexibility index (Phi) is 7.48. The van der Waals surface area contributed by atoms with Crippen LogP contribution in [0, 0.1) is 23.6 Å². The number of likely N-dealkylation sites (N-methyl/N-ethyl adjacent to an activating group) is 1. The number of carbonyl (C=O) groups excluding carboxylic acids is 3. The molecule has 0 aromatic heterocycles. The Bertz CT molecular complexity index is 1380. The van der Waals surface area contributed by atoms with E-state index >= 15 is 4.39 Å². The van der Waals surface area contributed by atoms with Gasteiger partial charge in [-0.15, -0.1) is 0 Å². The molecular weight excluding hydrogens is 537 g/mol. The number of aromatic hydroxyl groups is 1. The first-order chi connectivity index (χ1) is 19.3. The maximum atomic E-state index is 16.0. The molecule has 0 spiro atoms. The standard InChI is InChI=1S/C29H36FN3O8/c1-4-33(10-13-5-6-41-12-13)11-15-9-18(34)20-16(22(15)30)7-14-8-17-23(32(2)3)25(36)21(28(31)39)27(38)29(17,40)26(37)19(14)24(20)35/h9,13-14,17,23,34,36-37,40H,4-8,10-12H2,1-3H3,(H2,31,39)/t13?,14-,17-,23-,29-/m0/s1. The predicted molar refractivity (Wildman–Crippen MR) is 144 cm³/mol. The summed E-state index contributed by atoms with van der Waals surface area (Å²) in [5, 5.41) is 44.8. The molecule has 222 valence electrons. The molecule has 0 radical (unpaired) electrons. The number of halogens is 1. The zero-order valence-electron chi connectivity index (χ0n) is 23.3. The molecule has 0 saturated carbocycles. The molecule has 1 amide bonds. The fraction of sp³-hybridized carbons (Fsp3) is 0.552. The molecule has 6 N–H and O–H groups in total. The summed E-state index contributed by atoms with van der Waals surface area (Å²) < 4.78 is 21.5. The minimum atomic E-state index is -2.73. The summed E-state index contributed by atoms with van der Waals surface area (Å²) in [6, 6.07) is 0.0977. The lowest BCUT2D eigenvalue weighted by molar-refractivity contribution is -0.148. The van der Waals surface area contributed by atoms with Crippen molar-refractivity contribution in [3.63, 3.8) is 0 Å². The normalized spacial score (nSPS) is 29.7. The van der Waals surface area contributed by atoms with Crippen molar-refractivity contribution < 1.29 is 43.9 Å². The number of allylic oxidation sites excluding steroid dienone is 1. The number of aliphatic hydroxyl groups excluding tert-OH is 2. The third-order valence-corrected chi connectivity index (χ3v) is 9.11. The lowest BCUT2D eigenvalue weighted by Crippen LogP contribution is -2.63. The summed E-state index contributed by atoms with van der Waals surface area (Å²) in [5.74, 6) is -7.91. The summed E-state index contributed by atoms with van der Waals surface area (Å²) in [7, 11) is 3.10. The van der Waals surface area contributed by atoms with Crippen molar-refractivity contribution in [2.75, 3.05) is 40.4 Å². The number of amides is 1. The van der Waals surface area contributed by atoms with Crippen LogP contribution in [0.5, 0.6) is 5.75 Å². The van der Waals surface area contributed by atoms with Gasteiger partial charge in [0.15, 0.2) is 11.4 Å². The number of rotatable bonds is 7. The van der Waals surface area contributed by atoms with E-state index in [-0.39, 0.29) is 41.6 Å². The van der Waals surface area contributed by atoms with Crippen LogP contribution in [0.15, 0.2) is 28.7 Å². The van der Waals surface area contributed by atoms with E-state index in [9.17, 15) is 34.8 Å². The highest BCUT2D eigenvalue weighted by Crippen LogP contribution is 2.52. The number of hydrogen-bond acceptors (Lipinski definition) is 10. The van der Waals surface area contributed by atoms with Gasteiger partial charge in [-0.3, -0.25) is 24.2 Å². The number of benzene rings is 1. The number of ether oxygens (including phenoxy) is 1. The highest BCUT2D eigenvalue weighted by Gasteiger charge is 2.63. The summed E-state index contributed by atoms with van der Waals surface area (Å²) in [5.41, 5.74) is 1.31. The molecule has 3 aliphatic carbocycles. The maximum absolute atomic E-state index is 16.0. The lowest BCUT2D eigenvalue weighted by atomic mass is 9.58. The first-order valence-electron chi connectivity index (χ1n) is 13.8. The van der Waals surface area contributed by atoms with E-state index in [0.29, 0.717) is 32.2 Å². The molecule has 1 aliphatic heterocycles. The molecule has 5 rings (SSSR count). The fourth-order valence-electron chi connectivity index (χ4n) is 7.11. The smallest absolute Gasteiger partial charge is 0.255 e. The van der Waals surface area contributed by atoms with E-state index in [1.807, 2.05) is 11.8 Å². The maximum Gasteiger partial charge on any atom is 0.255 e. The van der Waals surface area contributed by atoms with Crippen LogP contribution in [-0.4, -0.2) is 99.7 Å². The van der Waals surface area contributed by atoms with Crippen molar-refractivity contribution in [2.45, 2.75) is 44.4 Å². The number of phenolic OH excluding ortho intramolecular Hbond substituents is 1. The van der Waals surface area contributed by atoms with E-state index in [1.165, 1.54) is 11.0 Å². The van der Waals surface area contributed by atoms with Gasteiger partial charge in [-0.2, -0.15) is 0 Å². The van der Waals surface area contributed by atoms with Crippen LogP contribution in [0.4, 0.5) is 4.39 Å². The first-order valence-corrected chi connectivity index (χ1v) is 13.8. The first kappa shape index (κ1) is 29.2. The second-order valence-electron chi connectivity index (χ2n) is 11.7. The average Bonchev–Trinajstić information content (AvgIpc) is 3.41. The van der Waals surface area contributed by atoms with Crippen LogP contribution in [0.3, 0.4) is 0 Å². The number of ketones is 2. The molecule has 11 nitrogen and oxygen atoms in total. The highest BCUT2D eigenvalue weighted by molar-refractivity contribution is 6.24. The van der Waals surface area contributed by atoms with Gasteiger partial charge in [0.1, 0.15) is 28.7 Å². The Labute approximate surface area is 236 Å². The minimum absolute atomic E-state index is 0.00151. The topological polar surface area (TPSA) is 174 Å². The van der Waals surface area contributed by atoms with Crippen molar-refractivity contribution in [1.82, 2.24) is 9.80 Å². The molecule has 0 bridgehead atoms. The Balaban J connectivity index is 1.57. The van der Waals surface area contributed by atoms with Crippen LogP contribution in [0.25, 0.3) is 0 Å². The zero-order chi connectivity index (χ0) is 30.0. The number of hydrogen-bond donors (Lipinski definition) is 5. The van der Waals surface area contributed by atoms with Crippen molar-refractivity contribution in [2.24, 2.45) is 23.5 Å². The molecule has 1 saturated heterocycles. The Morgan fingerprint density at radius 2 is 1.95 bits per heavy atom. The van der Waals surface area contributed by atoms with Crippen LogP contribution in [-0.2, 0) is 27.3 Å². The Morgan fingerprint density at radius 1 is 1.24 bits per heavy atom. The van der Waals surface area contributed by atoms with Gasteiger partial charge < -0.3 is 30.9 Å². The van der Waals surface area contributed by atoms with Gasteiger partial charge in [0.05, 0.1) is 18.2 Å². The molecule has 1 heterocycles. The number of fused-ring (bicyclic) bond motifs is 3. The van der Waals surface area contributed by atoms with E-state index in [4.69, 9.17) is 10.5 Å². The van der Waals surface area contributed by atoms with Crippen molar-refractivity contribution >= 4 is 17.5 Å². The predicted octanol–water partition coefficient (Wildman–Crippen LogP) is 1.12. The third-order valence-electron chi connectivity index (χ3n) is 9.11. The van der Waals surface area contributed by atoms with Gasteiger partial charge in [0.2, 0.25) is 5.78 Å². The average molecular weight is 574 g/mol. The summed E-state index contributed by atoms with van der Waals surface area (Å²) in [4.78, 5) is 42.7. The van der Waals surface area contributed by atoms with Crippen molar-refractivity contribution in [3.8, 4) is 5.75 Å². The Hall–Kier alpha value is -3.32. The molecule has 12 heteroatoms. The second-order valence-corrected chi connectivity index (χ2v) is 11.7. The van der Waals surface area contributed by atoms with Gasteiger partial charge in [0, 0.05) is 42.3 Å². The third kappa shape index (κ3) is 4.44. The second kappa shape index (κ2) is 10.5. The molecular formula is C29H36FN3O8. The summed E-state index contributed by atoms with van der Waals surface area (Å²) >= 11 is 0. The lowest BCUT2D eigenvalue weighted by Gasteiger charge is -2.50. The van der Waals surface area contributed by atoms with E-state index in [2.05, 4.69) is 0 Å². The molecule has 1 fully saturated rings. The van der Waals surface area contributed by atoms with Crippen LogP contribution >= 0.6 is 0 Å². The van der Waals surface area contributed by atoms with E-state index < -0.39 is 69.6 Å². The van der Waals surface area contributed by atoms with E-state index in [1.54, 1.807) is 14.1 Å². The molecule has 1 aromatic rings. The van der Waals surface area contributed by atoms with Gasteiger partial charge in [0.25, 0.3) is 5.91 Å². The number of carbonyl (C=O) groups is 3. The molecule has 5 atom stereocenters. The summed E-state index contributed by atoms with van der Waals surface area (Å²) in [6.07, 6.45) is 0.724. The van der Waals surface area contributed by atoms with Crippen LogP contribution in [0.1, 0.15) is 41.3 Å². The quantitative estimate of drug-likeness (QED) is 0.297. The van der Waals surface area contributed by atoms with Gasteiger partial charge in [-0.05, 0) is 57.8 Å². The molecule has 1 unspecified atom stereocenters. The fourth-order valence-corrected chi connectivity index (χ4v) is 7.11. The number of aliphatic hydroxyl groups is 3. The molecule has 1 aromatic carbocycles. The number of primary amides is 1. The van der Waals surface area contributed by atoms with Gasteiger partial charge in [-0.25, -0.2) is 4.39 Å². The SMILES string of the molecule is CCN(Cc1cc(O)c2c(c1F)C[C@H]1C[C@H]3[C@H](N(C)C)C(O)=C(C(N)=O)C(=O)[C@@]3(O)C(O)=C1C2=O)CC1CCOC1. The number of Topliss-reactive ketones (excluding diaryl/α,β-unsaturated/α-hetero) is 2. The van der Waals surface area contributed by atoms with Crippen LogP contribution < -0.4 is 5.73 Å². The van der Waals surface area contributed by atoms with Gasteiger partial charge in [-0.1, -0.05) is 6.92 Å². The summed E-state index contributed by atoms with van der Waals surface area (Å²) in [6.45, 7) is 4.83. The number of phenols is 1. The number of nitrogens with zero attached hydrogens (tertiary/aromatic N) is 2. The largest absolute Gasteiger partial charge is 0.510 e. The molecule has 41 heavy (non-hydrogen) atoms. The minimum Gasteiger partial charge on any atom is -0.510 e. The Morgan fingerprint density at radius 3 is 2.54 bits per heavy atom. The van der Waals surface area contributed by atoms with Crippen molar-refractivity contribution in [3.05, 3.63) is 51.2 Å². The molecule has 4 aliphatic rings. The number of nitrogens with two attached hydrogens (primary N) is 1. The monoisotopic (exact) mass is 573 g/mol. The van der Waals surface area contributed by atoms with Gasteiger partial charge >= 0.3 is 0 Å². The highest BCUT2D eigenvalue weighted by atomic mass is 19.1.